The molecule has 1 nitrogen and oxygen atoms in total. The maximum atomic E-state index is 12.3. The van der Waals surface area contributed by atoms with E-state index in [1.165, 1.54) is 12.3 Å². The Balaban J connectivity index is 2.96. The molecule has 90 valence electrons. The van der Waals surface area contributed by atoms with Crippen LogP contribution in [0.5, 0.6) is 0 Å². The van der Waals surface area contributed by atoms with Gasteiger partial charge in [-0.05, 0) is 23.0 Å². The highest BCUT2D eigenvalue weighted by atomic mass is 19.4. The van der Waals surface area contributed by atoms with Crippen molar-refractivity contribution >= 4 is 0 Å². The van der Waals surface area contributed by atoms with Crippen LogP contribution in [0.25, 0.3) is 0 Å². The van der Waals surface area contributed by atoms with Crippen LogP contribution in [0.1, 0.15) is 44.9 Å². The van der Waals surface area contributed by atoms with E-state index < -0.39 is 11.9 Å². The molecule has 1 unspecified atom stereocenters. The summed E-state index contributed by atoms with van der Waals surface area (Å²) in [5, 5.41) is 0. The largest absolute Gasteiger partial charge is 0.433 e. The molecule has 16 heavy (non-hydrogen) atoms. The van der Waals surface area contributed by atoms with Gasteiger partial charge >= 0.3 is 6.18 Å². The Morgan fingerprint density at radius 1 is 1.12 bits per heavy atom. The van der Waals surface area contributed by atoms with Crippen molar-refractivity contribution in [2.75, 3.05) is 0 Å². The third-order valence-electron chi connectivity index (χ3n) is 2.88. The SMILES string of the molecule is CC(c1ccc(C(F)(F)F)nc1)C(C)(C)C. The topological polar surface area (TPSA) is 12.9 Å². The van der Waals surface area contributed by atoms with Crippen LogP contribution in [0.15, 0.2) is 18.3 Å². The first-order valence-electron chi connectivity index (χ1n) is 5.15. The minimum Gasteiger partial charge on any atom is -0.251 e. The highest BCUT2D eigenvalue weighted by Gasteiger charge is 2.32. The molecule has 1 aromatic heterocycles. The van der Waals surface area contributed by atoms with Gasteiger partial charge < -0.3 is 0 Å². The van der Waals surface area contributed by atoms with Gasteiger partial charge in [-0.25, -0.2) is 0 Å². The van der Waals surface area contributed by atoms with Crippen LogP contribution in [-0.2, 0) is 6.18 Å². The molecule has 0 aliphatic rings. The number of aromatic nitrogens is 1. The van der Waals surface area contributed by atoms with E-state index in [0.29, 0.717) is 0 Å². The molecule has 0 amide bonds. The molecular weight excluding hydrogens is 215 g/mol. The molecule has 0 saturated carbocycles. The molecule has 0 spiro atoms. The first-order valence-corrected chi connectivity index (χ1v) is 5.15. The van der Waals surface area contributed by atoms with Gasteiger partial charge in [0.05, 0.1) is 0 Å². The van der Waals surface area contributed by atoms with Gasteiger partial charge in [-0.3, -0.25) is 4.98 Å². The second-order valence-electron chi connectivity index (χ2n) is 5.06. The molecule has 1 aromatic rings. The molecule has 0 aliphatic heterocycles. The average Bonchev–Trinajstić information content (AvgIpc) is 2.14. The van der Waals surface area contributed by atoms with E-state index >= 15 is 0 Å². The predicted molar refractivity (Wildman–Crippen MR) is 57.1 cm³/mol. The predicted octanol–water partition coefficient (Wildman–Crippen LogP) is 4.25. The van der Waals surface area contributed by atoms with Gasteiger partial charge in [0.15, 0.2) is 0 Å². The maximum Gasteiger partial charge on any atom is 0.433 e. The molecular formula is C12H16F3N. The lowest BCUT2D eigenvalue weighted by Crippen LogP contribution is -2.16. The Morgan fingerprint density at radius 3 is 2.00 bits per heavy atom. The fraction of sp³-hybridized carbons (Fsp3) is 0.583. The van der Waals surface area contributed by atoms with E-state index in [1.807, 2.05) is 6.92 Å². The summed E-state index contributed by atoms with van der Waals surface area (Å²) < 4.78 is 36.9. The van der Waals surface area contributed by atoms with Crippen molar-refractivity contribution in [2.24, 2.45) is 5.41 Å². The van der Waals surface area contributed by atoms with E-state index in [-0.39, 0.29) is 11.3 Å². The molecule has 1 rings (SSSR count). The lowest BCUT2D eigenvalue weighted by Gasteiger charge is -2.27. The zero-order chi connectivity index (χ0) is 12.6. The monoisotopic (exact) mass is 231 g/mol. The highest BCUT2D eigenvalue weighted by molar-refractivity contribution is 5.20. The Bertz CT molecular complexity index is 346. The highest BCUT2D eigenvalue weighted by Crippen LogP contribution is 2.35. The van der Waals surface area contributed by atoms with Crippen LogP contribution in [0, 0.1) is 5.41 Å². The summed E-state index contributed by atoms with van der Waals surface area (Å²) in [5.41, 5.74) is 0.0133. The van der Waals surface area contributed by atoms with Crippen LogP contribution in [-0.4, -0.2) is 4.98 Å². The fourth-order valence-corrected chi connectivity index (χ4v) is 1.33. The van der Waals surface area contributed by atoms with Crippen LogP contribution >= 0.6 is 0 Å². The number of alkyl halides is 3. The van der Waals surface area contributed by atoms with Crippen molar-refractivity contribution in [3.8, 4) is 0 Å². The van der Waals surface area contributed by atoms with Crippen molar-refractivity contribution in [1.82, 2.24) is 4.98 Å². The normalized spacial score (nSPS) is 14.9. The standard InChI is InChI=1S/C12H16F3N/c1-8(11(2,3)4)9-5-6-10(16-7-9)12(13,14)15/h5-8H,1-4H3. The smallest absolute Gasteiger partial charge is 0.251 e. The molecule has 0 radical (unpaired) electrons. The van der Waals surface area contributed by atoms with Gasteiger partial charge in [-0.2, -0.15) is 13.2 Å². The summed E-state index contributed by atoms with van der Waals surface area (Å²) in [6.07, 6.45) is -3.04. The van der Waals surface area contributed by atoms with Crippen LogP contribution in [0.3, 0.4) is 0 Å². The molecule has 1 atom stereocenters. The van der Waals surface area contributed by atoms with Gasteiger partial charge in [-0.15, -0.1) is 0 Å². The molecule has 0 N–H and O–H groups in total. The van der Waals surface area contributed by atoms with Gasteiger partial charge in [0.2, 0.25) is 0 Å². The minimum atomic E-state index is -4.36. The van der Waals surface area contributed by atoms with Gasteiger partial charge in [-0.1, -0.05) is 33.8 Å². The molecule has 0 aliphatic carbocycles. The maximum absolute atomic E-state index is 12.3. The quantitative estimate of drug-likeness (QED) is 0.704. The summed E-state index contributed by atoms with van der Waals surface area (Å²) >= 11 is 0. The second-order valence-corrected chi connectivity index (χ2v) is 5.06. The molecule has 4 heteroatoms. The van der Waals surface area contributed by atoms with E-state index in [9.17, 15) is 13.2 Å². The van der Waals surface area contributed by atoms with Gasteiger partial charge in [0.25, 0.3) is 0 Å². The van der Waals surface area contributed by atoms with Crippen molar-refractivity contribution in [1.29, 1.82) is 0 Å². The van der Waals surface area contributed by atoms with Crippen LogP contribution < -0.4 is 0 Å². The number of hydrogen-bond donors (Lipinski definition) is 0. The first-order chi connectivity index (χ1) is 7.12. The first kappa shape index (κ1) is 13.0. The molecule has 1 heterocycles. The van der Waals surface area contributed by atoms with Gasteiger partial charge in [0, 0.05) is 6.20 Å². The number of hydrogen-bond acceptors (Lipinski definition) is 1. The number of rotatable bonds is 1. The van der Waals surface area contributed by atoms with E-state index in [1.54, 1.807) is 0 Å². The molecule has 0 bridgehead atoms. The minimum absolute atomic E-state index is 0.0153. The summed E-state index contributed by atoms with van der Waals surface area (Å²) in [7, 11) is 0. The van der Waals surface area contributed by atoms with Crippen molar-refractivity contribution < 1.29 is 13.2 Å². The summed E-state index contributed by atoms with van der Waals surface area (Å²) in [6, 6.07) is 2.54. The third-order valence-corrected chi connectivity index (χ3v) is 2.88. The average molecular weight is 231 g/mol. The molecule has 0 saturated heterocycles. The van der Waals surface area contributed by atoms with Crippen LogP contribution in [0.2, 0.25) is 0 Å². The third kappa shape index (κ3) is 2.97. The van der Waals surface area contributed by atoms with Crippen molar-refractivity contribution in [3.63, 3.8) is 0 Å². The Kier molecular flexibility index (Phi) is 3.31. The zero-order valence-corrected chi connectivity index (χ0v) is 9.89. The van der Waals surface area contributed by atoms with Crippen LogP contribution in [0.4, 0.5) is 13.2 Å². The van der Waals surface area contributed by atoms with E-state index in [2.05, 4.69) is 25.8 Å². The van der Waals surface area contributed by atoms with E-state index in [4.69, 9.17) is 0 Å². The van der Waals surface area contributed by atoms with Crippen molar-refractivity contribution in [2.45, 2.75) is 39.8 Å². The number of halogens is 3. The molecule has 0 fully saturated rings. The summed E-state index contributed by atoms with van der Waals surface area (Å²) in [6.45, 7) is 8.14. The zero-order valence-electron chi connectivity index (χ0n) is 9.89. The van der Waals surface area contributed by atoms with E-state index in [0.717, 1.165) is 11.6 Å². The summed E-state index contributed by atoms with van der Waals surface area (Å²) in [5.74, 6) is 0.169. The second kappa shape index (κ2) is 4.07. The number of nitrogens with zero attached hydrogens (tertiary/aromatic N) is 1. The lowest BCUT2D eigenvalue weighted by atomic mass is 9.78. The van der Waals surface area contributed by atoms with Crippen molar-refractivity contribution in [3.05, 3.63) is 29.6 Å². The Hall–Kier alpha value is -1.06. The van der Waals surface area contributed by atoms with Gasteiger partial charge in [0.1, 0.15) is 5.69 Å². The number of pyridine rings is 1. The molecule has 0 aromatic carbocycles. The Labute approximate surface area is 93.7 Å². The fourth-order valence-electron chi connectivity index (χ4n) is 1.33. The lowest BCUT2D eigenvalue weighted by molar-refractivity contribution is -0.141. The summed E-state index contributed by atoms with van der Waals surface area (Å²) in [4.78, 5) is 3.46. The Morgan fingerprint density at radius 2 is 1.69 bits per heavy atom.